The van der Waals surface area contributed by atoms with Crippen molar-refractivity contribution < 1.29 is 9.47 Å². The van der Waals surface area contributed by atoms with Crippen LogP contribution in [-0.4, -0.2) is 13.9 Å². The molecule has 0 heterocycles. The topological polar surface area (TPSA) is 18.5 Å². The third kappa shape index (κ3) is 2.39. The first-order valence-electron chi connectivity index (χ1n) is 4.72. The maximum atomic E-state index is 5.42. The van der Waals surface area contributed by atoms with Gasteiger partial charge in [-0.25, -0.2) is 0 Å². The first kappa shape index (κ1) is 11.9. The number of rotatable bonds is 3. The number of fused-ring (bicyclic) bond motifs is 1. The van der Waals surface area contributed by atoms with Crippen LogP contribution in [0.5, 0.6) is 5.75 Å². The Balaban J connectivity index is 2.51. The van der Waals surface area contributed by atoms with E-state index in [0.29, 0.717) is 0 Å². The van der Waals surface area contributed by atoms with E-state index >= 15 is 0 Å². The summed E-state index contributed by atoms with van der Waals surface area (Å²) in [6.45, 7) is 0.256. The van der Waals surface area contributed by atoms with E-state index in [2.05, 4.69) is 31.9 Å². The van der Waals surface area contributed by atoms with Gasteiger partial charge in [0.05, 0.1) is 0 Å². The fourth-order valence-electron chi connectivity index (χ4n) is 1.52. The molecule has 84 valence electrons. The highest BCUT2D eigenvalue weighted by Gasteiger charge is 2.05. The Morgan fingerprint density at radius 3 is 2.69 bits per heavy atom. The van der Waals surface area contributed by atoms with Crippen molar-refractivity contribution in [1.29, 1.82) is 0 Å². The molecule has 0 fully saturated rings. The molecule has 0 spiro atoms. The lowest BCUT2D eigenvalue weighted by Gasteiger charge is -2.08. The molecule has 0 aliphatic heterocycles. The van der Waals surface area contributed by atoms with Gasteiger partial charge in [-0.3, -0.25) is 0 Å². The van der Waals surface area contributed by atoms with Gasteiger partial charge in [-0.05, 0) is 39.5 Å². The molecule has 0 bridgehead atoms. The van der Waals surface area contributed by atoms with E-state index in [1.54, 1.807) is 7.11 Å². The van der Waals surface area contributed by atoms with Crippen molar-refractivity contribution >= 4 is 42.6 Å². The lowest BCUT2D eigenvalue weighted by Crippen LogP contribution is -1.98. The molecule has 4 heteroatoms. The molecule has 0 amide bonds. The molecule has 0 saturated heterocycles. The Labute approximate surface area is 111 Å². The van der Waals surface area contributed by atoms with Gasteiger partial charge in [-0.2, -0.15) is 0 Å². The molecule has 2 nitrogen and oxygen atoms in total. The average Bonchev–Trinajstić information content (AvgIpc) is 2.26. The second-order valence-electron chi connectivity index (χ2n) is 3.29. The summed E-state index contributed by atoms with van der Waals surface area (Å²) in [7, 11) is 1.60. The molecule has 2 rings (SSSR count). The number of halogens is 2. The molecular formula is C12H10Br2O2. The van der Waals surface area contributed by atoms with Crippen molar-refractivity contribution in [3.63, 3.8) is 0 Å². The van der Waals surface area contributed by atoms with Gasteiger partial charge >= 0.3 is 0 Å². The van der Waals surface area contributed by atoms with Crippen LogP contribution in [0, 0.1) is 0 Å². The van der Waals surface area contributed by atoms with E-state index in [-0.39, 0.29) is 6.79 Å². The molecule has 0 N–H and O–H groups in total. The van der Waals surface area contributed by atoms with Gasteiger partial charge < -0.3 is 9.47 Å². The van der Waals surface area contributed by atoms with Crippen LogP contribution >= 0.6 is 31.9 Å². The van der Waals surface area contributed by atoms with E-state index < -0.39 is 0 Å². The first-order chi connectivity index (χ1) is 7.72. The number of methoxy groups -OCH3 is 1. The van der Waals surface area contributed by atoms with E-state index in [9.17, 15) is 0 Å². The number of hydrogen-bond donors (Lipinski definition) is 0. The molecule has 2 aromatic rings. The van der Waals surface area contributed by atoms with Crippen LogP contribution in [0.4, 0.5) is 0 Å². The summed E-state index contributed by atoms with van der Waals surface area (Å²) in [6, 6.07) is 9.99. The van der Waals surface area contributed by atoms with Crippen molar-refractivity contribution in [2.24, 2.45) is 0 Å². The Kier molecular flexibility index (Phi) is 3.84. The predicted molar refractivity (Wildman–Crippen MR) is 71.9 cm³/mol. The Morgan fingerprint density at radius 1 is 1.12 bits per heavy atom. The van der Waals surface area contributed by atoms with E-state index in [1.165, 1.54) is 0 Å². The van der Waals surface area contributed by atoms with Crippen LogP contribution in [0.1, 0.15) is 0 Å². The van der Waals surface area contributed by atoms with Crippen molar-refractivity contribution in [3.05, 3.63) is 39.3 Å². The summed E-state index contributed by atoms with van der Waals surface area (Å²) < 4.78 is 12.4. The molecule has 0 aliphatic carbocycles. The molecule has 0 radical (unpaired) electrons. The summed E-state index contributed by atoms with van der Waals surface area (Å²) in [5.74, 6) is 0.791. The minimum atomic E-state index is 0.256. The van der Waals surface area contributed by atoms with E-state index in [1.807, 2.05) is 30.3 Å². The maximum Gasteiger partial charge on any atom is 0.188 e. The summed E-state index contributed by atoms with van der Waals surface area (Å²) >= 11 is 7.07. The lowest BCUT2D eigenvalue weighted by molar-refractivity contribution is 0.0512. The summed E-state index contributed by atoms with van der Waals surface area (Å²) in [4.78, 5) is 0. The van der Waals surface area contributed by atoms with Crippen LogP contribution in [0.25, 0.3) is 10.8 Å². The highest BCUT2D eigenvalue weighted by atomic mass is 79.9. The SMILES string of the molecule is COCOc1cc(Br)c2c(Br)cccc2c1. The summed E-state index contributed by atoms with van der Waals surface area (Å²) in [5, 5.41) is 2.27. The Morgan fingerprint density at radius 2 is 1.94 bits per heavy atom. The minimum Gasteiger partial charge on any atom is -0.468 e. The zero-order valence-corrected chi connectivity index (χ0v) is 11.8. The summed E-state index contributed by atoms with van der Waals surface area (Å²) in [6.07, 6.45) is 0. The zero-order chi connectivity index (χ0) is 11.5. The van der Waals surface area contributed by atoms with E-state index in [4.69, 9.17) is 9.47 Å². The van der Waals surface area contributed by atoms with Crippen LogP contribution < -0.4 is 4.74 Å². The summed E-state index contributed by atoms with van der Waals surface area (Å²) in [5.41, 5.74) is 0. The van der Waals surface area contributed by atoms with Gasteiger partial charge in [0, 0.05) is 21.4 Å². The highest BCUT2D eigenvalue weighted by Crippen LogP contribution is 2.34. The smallest absolute Gasteiger partial charge is 0.188 e. The second-order valence-corrected chi connectivity index (χ2v) is 5.00. The maximum absolute atomic E-state index is 5.42. The number of hydrogen-bond acceptors (Lipinski definition) is 2. The van der Waals surface area contributed by atoms with E-state index in [0.717, 1.165) is 25.5 Å². The number of benzene rings is 2. The lowest BCUT2D eigenvalue weighted by atomic mass is 10.1. The monoisotopic (exact) mass is 344 g/mol. The molecular weight excluding hydrogens is 336 g/mol. The average molecular weight is 346 g/mol. The fraction of sp³-hybridized carbons (Fsp3) is 0.167. The van der Waals surface area contributed by atoms with Gasteiger partial charge in [-0.1, -0.05) is 28.1 Å². The third-order valence-corrected chi connectivity index (χ3v) is 3.48. The molecule has 0 unspecified atom stereocenters. The van der Waals surface area contributed by atoms with Crippen LogP contribution in [0.15, 0.2) is 39.3 Å². The molecule has 16 heavy (non-hydrogen) atoms. The van der Waals surface area contributed by atoms with Gasteiger partial charge in [-0.15, -0.1) is 0 Å². The van der Waals surface area contributed by atoms with Gasteiger partial charge in [0.25, 0.3) is 0 Å². The van der Waals surface area contributed by atoms with Gasteiger partial charge in [0.2, 0.25) is 0 Å². The largest absolute Gasteiger partial charge is 0.468 e. The predicted octanol–water partition coefficient (Wildman–Crippen LogP) is 4.35. The van der Waals surface area contributed by atoms with Crippen molar-refractivity contribution in [1.82, 2.24) is 0 Å². The standard InChI is InChI=1S/C12H10Br2O2/c1-15-7-16-9-5-8-3-2-4-10(13)12(8)11(14)6-9/h2-6H,7H2,1H3. The Bertz CT molecular complexity index is 512. The number of ether oxygens (including phenoxy) is 2. The highest BCUT2D eigenvalue weighted by molar-refractivity contribution is 9.11. The van der Waals surface area contributed by atoms with Gasteiger partial charge in [0.1, 0.15) is 5.75 Å². The molecule has 0 saturated carbocycles. The normalized spacial score (nSPS) is 10.7. The molecule has 0 atom stereocenters. The van der Waals surface area contributed by atoms with Crippen molar-refractivity contribution in [2.45, 2.75) is 0 Å². The minimum absolute atomic E-state index is 0.256. The second kappa shape index (κ2) is 5.17. The fourth-order valence-corrected chi connectivity index (χ4v) is 3.04. The quantitative estimate of drug-likeness (QED) is 0.770. The van der Waals surface area contributed by atoms with Crippen molar-refractivity contribution in [2.75, 3.05) is 13.9 Å². The van der Waals surface area contributed by atoms with Crippen LogP contribution in [0.2, 0.25) is 0 Å². The van der Waals surface area contributed by atoms with Gasteiger partial charge in [0.15, 0.2) is 6.79 Å². The first-order valence-corrected chi connectivity index (χ1v) is 6.30. The van der Waals surface area contributed by atoms with Crippen molar-refractivity contribution in [3.8, 4) is 5.75 Å². The Hall–Kier alpha value is -0.580. The van der Waals surface area contributed by atoms with Crippen LogP contribution in [0.3, 0.4) is 0 Å². The third-order valence-electron chi connectivity index (χ3n) is 2.19. The molecule has 2 aromatic carbocycles. The molecule has 0 aliphatic rings. The molecule has 0 aromatic heterocycles. The van der Waals surface area contributed by atoms with Crippen LogP contribution in [-0.2, 0) is 4.74 Å². The zero-order valence-electron chi connectivity index (χ0n) is 8.67.